The molecule has 1 aromatic heterocycles. The van der Waals surface area contributed by atoms with Crippen molar-refractivity contribution in [1.82, 2.24) is 10.3 Å². The lowest BCUT2D eigenvalue weighted by Crippen LogP contribution is -2.24. The first kappa shape index (κ1) is 14.5. The number of ether oxygens (including phenoxy) is 1. The van der Waals surface area contributed by atoms with E-state index in [2.05, 4.69) is 16.4 Å². The van der Waals surface area contributed by atoms with Crippen LogP contribution in [0.15, 0.2) is 12.1 Å². The molecule has 3 nitrogen and oxygen atoms in total. The first-order chi connectivity index (χ1) is 6.40. The molecule has 0 spiro atoms. The van der Waals surface area contributed by atoms with Crippen molar-refractivity contribution in [1.29, 1.82) is 0 Å². The van der Waals surface area contributed by atoms with E-state index in [0.29, 0.717) is 6.61 Å². The van der Waals surface area contributed by atoms with Gasteiger partial charge in [0.1, 0.15) is 0 Å². The SMILES string of the molecule is CCOc1ccc2c(n1)CCNC2.Cl.Cl. The lowest BCUT2D eigenvalue weighted by atomic mass is 10.1. The summed E-state index contributed by atoms with van der Waals surface area (Å²) in [4.78, 5) is 4.44. The molecule has 0 bridgehead atoms. The lowest BCUT2D eigenvalue weighted by Gasteiger charge is -2.16. The van der Waals surface area contributed by atoms with Gasteiger partial charge in [0.15, 0.2) is 0 Å². The Morgan fingerprint density at radius 1 is 1.40 bits per heavy atom. The number of pyridine rings is 1. The van der Waals surface area contributed by atoms with Gasteiger partial charge in [0.05, 0.1) is 12.3 Å². The van der Waals surface area contributed by atoms with Gasteiger partial charge in [0.2, 0.25) is 5.88 Å². The fourth-order valence-electron chi connectivity index (χ4n) is 1.55. The first-order valence-corrected chi connectivity index (χ1v) is 4.72. The minimum absolute atomic E-state index is 0. The second-order valence-corrected chi connectivity index (χ2v) is 3.12. The zero-order chi connectivity index (χ0) is 9.10. The molecule has 0 saturated carbocycles. The van der Waals surface area contributed by atoms with Crippen molar-refractivity contribution in [2.45, 2.75) is 19.9 Å². The molecule has 2 rings (SSSR count). The van der Waals surface area contributed by atoms with Crippen LogP contribution in [0.1, 0.15) is 18.2 Å². The van der Waals surface area contributed by atoms with Crippen LogP contribution in [0.5, 0.6) is 5.88 Å². The standard InChI is InChI=1S/C10H14N2O.2ClH/c1-2-13-10-4-3-8-7-11-6-5-9(8)12-10;;/h3-4,11H,2,5-7H2,1H3;2*1H. The number of nitrogens with zero attached hydrogens (tertiary/aromatic N) is 1. The summed E-state index contributed by atoms with van der Waals surface area (Å²) in [5.74, 6) is 0.753. The van der Waals surface area contributed by atoms with Crippen molar-refractivity contribution in [2.75, 3.05) is 13.2 Å². The highest BCUT2D eigenvalue weighted by molar-refractivity contribution is 5.85. The van der Waals surface area contributed by atoms with Gasteiger partial charge in [0.25, 0.3) is 0 Å². The molecule has 1 aliphatic heterocycles. The molecular formula is C10H16Cl2N2O. The van der Waals surface area contributed by atoms with E-state index in [1.807, 2.05) is 13.0 Å². The van der Waals surface area contributed by atoms with Gasteiger partial charge in [-0.05, 0) is 12.5 Å². The summed E-state index contributed by atoms with van der Waals surface area (Å²) >= 11 is 0. The van der Waals surface area contributed by atoms with Gasteiger partial charge < -0.3 is 10.1 Å². The van der Waals surface area contributed by atoms with Crippen LogP contribution in [0.25, 0.3) is 0 Å². The maximum Gasteiger partial charge on any atom is 0.213 e. The van der Waals surface area contributed by atoms with E-state index >= 15 is 0 Å². The number of hydrogen-bond acceptors (Lipinski definition) is 3. The minimum atomic E-state index is 0. The largest absolute Gasteiger partial charge is 0.478 e. The predicted octanol–water partition coefficient (Wildman–Crippen LogP) is 1.97. The molecule has 0 saturated heterocycles. The maximum atomic E-state index is 5.34. The normalized spacial score (nSPS) is 13.1. The molecule has 0 fully saturated rings. The second kappa shape index (κ2) is 6.88. The van der Waals surface area contributed by atoms with Crippen molar-refractivity contribution < 1.29 is 4.74 Å². The summed E-state index contributed by atoms with van der Waals surface area (Å²) < 4.78 is 5.34. The van der Waals surface area contributed by atoms with Gasteiger partial charge in [-0.15, -0.1) is 24.8 Å². The first-order valence-electron chi connectivity index (χ1n) is 4.72. The molecule has 0 aromatic carbocycles. The van der Waals surface area contributed by atoms with E-state index in [4.69, 9.17) is 4.74 Å². The molecule has 0 radical (unpaired) electrons. The third kappa shape index (κ3) is 3.52. The molecular weight excluding hydrogens is 235 g/mol. The van der Waals surface area contributed by atoms with Crippen molar-refractivity contribution in [2.24, 2.45) is 0 Å². The monoisotopic (exact) mass is 250 g/mol. The van der Waals surface area contributed by atoms with E-state index in [9.17, 15) is 0 Å². The van der Waals surface area contributed by atoms with Crippen LogP contribution in [-0.4, -0.2) is 18.1 Å². The van der Waals surface area contributed by atoms with Gasteiger partial charge in [-0.2, -0.15) is 0 Å². The summed E-state index contributed by atoms with van der Waals surface area (Å²) in [5, 5.41) is 3.31. The van der Waals surface area contributed by atoms with Crippen LogP contribution >= 0.6 is 24.8 Å². The molecule has 86 valence electrons. The molecule has 1 aromatic rings. The zero-order valence-electron chi connectivity index (χ0n) is 8.66. The second-order valence-electron chi connectivity index (χ2n) is 3.12. The van der Waals surface area contributed by atoms with Crippen LogP contribution < -0.4 is 10.1 Å². The Kier molecular flexibility index (Phi) is 6.65. The number of rotatable bonds is 2. The van der Waals surface area contributed by atoms with Crippen molar-refractivity contribution in [3.63, 3.8) is 0 Å². The van der Waals surface area contributed by atoms with Gasteiger partial charge in [0, 0.05) is 25.6 Å². The molecule has 0 amide bonds. The van der Waals surface area contributed by atoms with Gasteiger partial charge in [-0.1, -0.05) is 6.07 Å². The van der Waals surface area contributed by atoms with Crippen LogP contribution in [0.3, 0.4) is 0 Å². The number of halogens is 2. The highest BCUT2D eigenvalue weighted by Gasteiger charge is 2.10. The van der Waals surface area contributed by atoms with Crippen LogP contribution in [0.2, 0.25) is 0 Å². The smallest absolute Gasteiger partial charge is 0.213 e. The molecule has 1 N–H and O–H groups in total. The minimum Gasteiger partial charge on any atom is -0.478 e. The maximum absolute atomic E-state index is 5.34. The average Bonchev–Trinajstić information content (AvgIpc) is 2.18. The average molecular weight is 251 g/mol. The molecule has 15 heavy (non-hydrogen) atoms. The molecule has 0 unspecified atom stereocenters. The van der Waals surface area contributed by atoms with Crippen LogP contribution in [0, 0.1) is 0 Å². The van der Waals surface area contributed by atoms with E-state index < -0.39 is 0 Å². The Morgan fingerprint density at radius 2 is 2.20 bits per heavy atom. The summed E-state index contributed by atoms with van der Waals surface area (Å²) in [6.07, 6.45) is 1.01. The Bertz CT molecular complexity index is 307. The number of hydrogen-bond donors (Lipinski definition) is 1. The zero-order valence-corrected chi connectivity index (χ0v) is 10.3. The Hall–Kier alpha value is -0.510. The van der Waals surface area contributed by atoms with E-state index in [1.165, 1.54) is 11.3 Å². The van der Waals surface area contributed by atoms with Crippen molar-refractivity contribution >= 4 is 24.8 Å². The summed E-state index contributed by atoms with van der Waals surface area (Å²) in [6, 6.07) is 4.04. The molecule has 5 heteroatoms. The number of nitrogens with one attached hydrogen (secondary N) is 1. The van der Waals surface area contributed by atoms with E-state index in [1.54, 1.807) is 0 Å². The quantitative estimate of drug-likeness (QED) is 0.872. The van der Waals surface area contributed by atoms with E-state index in [-0.39, 0.29) is 24.8 Å². The van der Waals surface area contributed by atoms with Crippen molar-refractivity contribution in [3.05, 3.63) is 23.4 Å². The van der Waals surface area contributed by atoms with Gasteiger partial charge >= 0.3 is 0 Å². The third-order valence-corrected chi connectivity index (χ3v) is 2.19. The topological polar surface area (TPSA) is 34.1 Å². The summed E-state index contributed by atoms with van der Waals surface area (Å²) in [6.45, 7) is 4.62. The summed E-state index contributed by atoms with van der Waals surface area (Å²) in [7, 11) is 0. The van der Waals surface area contributed by atoms with Crippen LogP contribution in [-0.2, 0) is 13.0 Å². The number of aromatic nitrogens is 1. The highest BCUT2D eigenvalue weighted by atomic mass is 35.5. The molecule has 0 aliphatic carbocycles. The third-order valence-electron chi connectivity index (χ3n) is 2.19. The summed E-state index contributed by atoms with van der Waals surface area (Å²) in [5.41, 5.74) is 2.49. The molecule has 1 aliphatic rings. The Balaban J connectivity index is 0.000000980. The Labute approximate surface area is 102 Å². The fourth-order valence-corrected chi connectivity index (χ4v) is 1.55. The lowest BCUT2D eigenvalue weighted by molar-refractivity contribution is 0.325. The molecule has 0 atom stereocenters. The van der Waals surface area contributed by atoms with Crippen LogP contribution in [0.4, 0.5) is 0 Å². The van der Waals surface area contributed by atoms with E-state index in [0.717, 1.165) is 25.4 Å². The highest BCUT2D eigenvalue weighted by Crippen LogP contribution is 2.15. The Morgan fingerprint density at radius 3 is 2.93 bits per heavy atom. The molecule has 2 heterocycles. The predicted molar refractivity (Wildman–Crippen MR) is 65.3 cm³/mol. The number of fused-ring (bicyclic) bond motifs is 1. The van der Waals surface area contributed by atoms with Gasteiger partial charge in [-0.3, -0.25) is 0 Å². The van der Waals surface area contributed by atoms with Crippen molar-refractivity contribution in [3.8, 4) is 5.88 Å². The van der Waals surface area contributed by atoms with Gasteiger partial charge in [-0.25, -0.2) is 4.98 Å². The fraction of sp³-hybridized carbons (Fsp3) is 0.500.